The van der Waals surface area contributed by atoms with E-state index in [1.165, 1.54) is 0 Å². The van der Waals surface area contributed by atoms with Gasteiger partial charge in [0.1, 0.15) is 6.04 Å². The van der Waals surface area contributed by atoms with Gasteiger partial charge in [-0.2, -0.15) is 5.26 Å². The van der Waals surface area contributed by atoms with E-state index in [1.807, 2.05) is 18.7 Å². The van der Waals surface area contributed by atoms with Gasteiger partial charge < -0.3 is 5.11 Å². The van der Waals surface area contributed by atoms with Crippen LogP contribution in [0, 0.1) is 17.2 Å². The highest BCUT2D eigenvalue weighted by Crippen LogP contribution is 2.26. The molecule has 4 heteroatoms. The number of carboxylic acid groups (broad SMARTS) is 1. The lowest BCUT2D eigenvalue weighted by atomic mass is 10.0. The summed E-state index contributed by atoms with van der Waals surface area (Å²) in [6, 6.07) is 1.44. The molecule has 1 aliphatic heterocycles. The monoisotopic (exact) mass is 196 g/mol. The molecule has 1 fully saturated rings. The standard InChI is InChI=1S/C10H16N2O2/c1-3-8(6-11)12-5-4-7(2)9(12)10(13)14/h7-9H,3-5H2,1-2H3,(H,13,14). The Morgan fingerprint density at radius 1 is 1.79 bits per heavy atom. The summed E-state index contributed by atoms with van der Waals surface area (Å²) in [6.45, 7) is 4.57. The Kier molecular flexibility index (Phi) is 3.48. The van der Waals surface area contributed by atoms with E-state index in [1.54, 1.807) is 0 Å². The van der Waals surface area contributed by atoms with Crippen molar-refractivity contribution in [3.8, 4) is 6.07 Å². The number of rotatable bonds is 3. The number of aliphatic carboxylic acids is 1. The van der Waals surface area contributed by atoms with Crippen molar-refractivity contribution in [1.82, 2.24) is 4.90 Å². The third-order valence-corrected chi connectivity index (χ3v) is 2.93. The molecule has 0 spiro atoms. The van der Waals surface area contributed by atoms with Crippen LogP contribution in [-0.4, -0.2) is 34.6 Å². The topological polar surface area (TPSA) is 64.3 Å². The van der Waals surface area contributed by atoms with Crippen molar-refractivity contribution < 1.29 is 9.90 Å². The van der Waals surface area contributed by atoms with Crippen LogP contribution in [0.4, 0.5) is 0 Å². The number of likely N-dealkylation sites (tertiary alicyclic amines) is 1. The maximum absolute atomic E-state index is 11.0. The van der Waals surface area contributed by atoms with Crippen LogP contribution in [-0.2, 0) is 4.79 Å². The van der Waals surface area contributed by atoms with Crippen LogP contribution in [0.25, 0.3) is 0 Å². The van der Waals surface area contributed by atoms with Gasteiger partial charge in [0, 0.05) is 6.54 Å². The average Bonchev–Trinajstić information content (AvgIpc) is 2.50. The molecule has 1 saturated heterocycles. The fraction of sp³-hybridized carbons (Fsp3) is 0.800. The highest BCUT2D eigenvalue weighted by Gasteiger charge is 2.39. The Hall–Kier alpha value is -1.08. The van der Waals surface area contributed by atoms with E-state index in [0.717, 1.165) is 13.0 Å². The summed E-state index contributed by atoms with van der Waals surface area (Å²) in [5.74, 6) is -0.654. The number of carboxylic acids is 1. The molecule has 0 aliphatic carbocycles. The summed E-state index contributed by atoms with van der Waals surface area (Å²) in [5.41, 5.74) is 0. The normalized spacial score (nSPS) is 29.8. The number of nitriles is 1. The molecule has 0 aromatic rings. The van der Waals surface area contributed by atoms with Gasteiger partial charge in [-0.3, -0.25) is 9.69 Å². The van der Waals surface area contributed by atoms with Gasteiger partial charge >= 0.3 is 5.97 Å². The first-order valence-electron chi connectivity index (χ1n) is 5.00. The van der Waals surface area contributed by atoms with E-state index in [4.69, 9.17) is 10.4 Å². The van der Waals surface area contributed by atoms with Crippen molar-refractivity contribution >= 4 is 5.97 Å². The highest BCUT2D eigenvalue weighted by atomic mass is 16.4. The van der Waals surface area contributed by atoms with Gasteiger partial charge in [-0.15, -0.1) is 0 Å². The van der Waals surface area contributed by atoms with Crippen molar-refractivity contribution in [2.24, 2.45) is 5.92 Å². The first-order valence-corrected chi connectivity index (χ1v) is 5.00. The predicted octanol–water partition coefficient (Wildman–Crippen LogP) is 1.08. The largest absolute Gasteiger partial charge is 0.480 e. The molecule has 0 radical (unpaired) electrons. The molecule has 1 rings (SSSR count). The molecule has 78 valence electrons. The van der Waals surface area contributed by atoms with Crippen LogP contribution in [0.3, 0.4) is 0 Å². The highest BCUT2D eigenvalue weighted by molar-refractivity contribution is 5.74. The Morgan fingerprint density at radius 2 is 2.43 bits per heavy atom. The van der Waals surface area contributed by atoms with Gasteiger partial charge in [0.25, 0.3) is 0 Å². The molecule has 14 heavy (non-hydrogen) atoms. The zero-order valence-electron chi connectivity index (χ0n) is 8.60. The van der Waals surface area contributed by atoms with E-state index in [9.17, 15) is 4.79 Å². The van der Waals surface area contributed by atoms with E-state index in [-0.39, 0.29) is 12.0 Å². The molecule has 0 aromatic carbocycles. The second kappa shape index (κ2) is 4.43. The number of hydrogen-bond acceptors (Lipinski definition) is 3. The van der Waals surface area contributed by atoms with Crippen LogP contribution in [0.1, 0.15) is 26.7 Å². The van der Waals surface area contributed by atoms with Gasteiger partial charge in [0.05, 0.1) is 12.1 Å². The summed E-state index contributed by atoms with van der Waals surface area (Å²) in [6.07, 6.45) is 1.56. The van der Waals surface area contributed by atoms with Crippen LogP contribution < -0.4 is 0 Å². The Labute approximate surface area is 84.1 Å². The molecule has 0 bridgehead atoms. The zero-order chi connectivity index (χ0) is 10.7. The van der Waals surface area contributed by atoms with Crippen molar-refractivity contribution in [2.75, 3.05) is 6.54 Å². The maximum atomic E-state index is 11.0. The minimum atomic E-state index is -0.802. The Bertz CT molecular complexity index is 259. The summed E-state index contributed by atoms with van der Waals surface area (Å²) in [4.78, 5) is 12.8. The average molecular weight is 196 g/mol. The summed E-state index contributed by atoms with van der Waals surface area (Å²) < 4.78 is 0. The first kappa shape index (κ1) is 11.0. The molecule has 0 saturated carbocycles. The lowest BCUT2D eigenvalue weighted by molar-refractivity contribution is -0.143. The van der Waals surface area contributed by atoms with Crippen LogP contribution >= 0.6 is 0 Å². The quantitative estimate of drug-likeness (QED) is 0.733. The molecular weight excluding hydrogens is 180 g/mol. The molecule has 4 nitrogen and oxygen atoms in total. The number of nitrogens with zero attached hydrogens (tertiary/aromatic N) is 2. The van der Waals surface area contributed by atoms with Gasteiger partial charge in [-0.1, -0.05) is 13.8 Å². The lowest BCUT2D eigenvalue weighted by Gasteiger charge is -2.26. The van der Waals surface area contributed by atoms with E-state index in [2.05, 4.69) is 6.07 Å². The molecule has 3 unspecified atom stereocenters. The number of carbonyl (C=O) groups is 1. The van der Waals surface area contributed by atoms with Crippen molar-refractivity contribution in [3.05, 3.63) is 0 Å². The molecule has 1 aliphatic rings. The van der Waals surface area contributed by atoms with Crippen LogP contribution in [0.15, 0.2) is 0 Å². The first-order chi connectivity index (χ1) is 6.61. The Morgan fingerprint density at radius 3 is 2.86 bits per heavy atom. The third kappa shape index (κ3) is 1.88. The second-order valence-corrected chi connectivity index (χ2v) is 3.84. The van der Waals surface area contributed by atoms with Crippen LogP contribution in [0.5, 0.6) is 0 Å². The van der Waals surface area contributed by atoms with Gasteiger partial charge in [-0.25, -0.2) is 0 Å². The lowest BCUT2D eigenvalue weighted by Crippen LogP contribution is -2.44. The second-order valence-electron chi connectivity index (χ2n) is 3.84. The van der Waals surface area contributed by atoms with E-state index in [0.29, 0.717) is 6.42 Å². The molecule has 0 amide bonds. The van der Waals surface area contributed by atoms with Crippen molar-refractivity contribution in [3.63, 3.8) is 0 Å². The molecule has 3 atom stereocenters. The minimum Gasteiger partial charge on any atom is -0.480 e. The van der Waals surface area contributed by atoms with Gasteiger partial charge in [0.2, 0.25) is 0 Å². The fourth-order valence-electron chi connectivity index (χ4n) is 2.11. The zero-order valence-corrected chi connectivity index (χ0v) is 8.60. The van der Waals surface area contributed by atoms with E-state index >= 15 is 0 Å². The molecule has 1 N–H and O–H groups in total. The number of hydrogen-bond donors (Lipinski definition) is 1. The maximum Gasteiger partial charge on any atom is 0.321 e. The van der Waals surface area contributed by atoms with Gasteiger partial charge in [-0.05, 0) is 18.8 Å². The fourth-order valence-corrected chi connectivity index (χ4v) is 2.11. The molecular formula is C10H16N2O2. The molecule has 0 aromatic heterocycles. The summed E-state index contributed by atoms with van der Waals surface area (Å²) in [7, 11) is 0. The minimum absolute atomic E-state index is 0.148. The van der Waals surface area contributed by atoms with Gasteiger partial charge in [0.15, 0.2) is 0 Å². The van der Waals surface area contributed by atoms with Crippen molar-refractivity contribution in [2.45, 2.75) is 38.8 Å². The third-order valence-electron chi connectivity index (χ3n) is 2.93. The van der Waals surface area contributed by atoms with Crippen molar-refractivity contribution in [1.29, 1.82) is 5.26 Å². The van der Waals surface area contributed by atoms with Crippen LogP contribution in [0.2, 0.25) is 0 Å². The Balaban J connectivity index is 2.79. The SMILES string of the molecule is CCC(C#N)N1CCC(C)C1C(=O)O. The predicted molar refractivity (Wildman–Crippen MR) is 51.6 cm³/mol. The smallest absolute Gasteiger partial charge is 0.321 e. The summed E-state index contributed by atoms with van der Waals surface area (Å²) in [5, 5.41) is 17.9. The van der Waals surface area contributed by atoms with E-state index < -0.39 is 12.0 Å². The summed E-state index contributed by atoms with van der Waals surface area (Å²) >= 11 is 0. The molecule has 1 heterocycles.